The van der Waals surface area contributed by atoms with Crippen LogP contribution in [0.3, 0.4) is 0 Å². The molecule has 76 valence electrons. The van der Waals surface area contributed by atoms with Gasteiger partial charge in [-0.3, -0.25) is 0 Å². The van der Waals surface area contributed by atoms with Gasteiger partial charge in [0.05, 0.1) is 11.3 Å². The van der Waals surface area contributed by atoms with E-state index in [1.165, 1.54) is 12.1 Å². The summed E-state index contributed by atoms with van der Waals surface area (Å²) in [4.78, 5) is 0. The molecule has 14 heavy (non-hydrogen) atoms. The standard InChI is InChI=1S/C9H9F3N2/c1-6(14-13)7-3-2-4-8(5-7)9(10,11)12/h2-5H,13H2,1H3. The van der Waals surface area contributed by atoms with Crippen molar-refractivity contribution in [1.82, 2.24) is 0 Å². The van der Waals surface area contributed by atoms with Crippen molar-refractivity contribution in [2.24, 2.45) is 10.9 Å². The Kier molecular flexibility index (Phi) is 2.78. The fourth-order valence-corrected chi connectivity index (χ4v) is 0.995. The quantitative estimate of drug-likeness (QED) is 0.424. The van der Waals surface area contributed by atoms with Gasteiger partial charge in [-0.25, -0.2) is 0 Å². The monoisotopic (exact) mass is 202 g/mol. The van der Waals surface area contributed by atoms with Crippen LogP contribution in [0.25, 0.3) is 0 Å². The van der Waals surface area contributed by atoms with Crippen LogP contribution >= 0.6 is 0 Å². The fourth-order valence-electron chi connectivity index (χ4n) is 0.995. The van der Waals surface area contributed by atoms with Gasteiger partial charge in [-0.2, -0.15) is 18.3 Å². The molecule has 0 radical (unpaired) electrons. The first-order valence-electron chi connectivity index (χ1n) is 3.87. The van der Waals surface area contributed by atoms with E-state index in [0.29, 0.717) is 11.3 Å². The predicted molar refractivity (Wildman–Crippen MR) is 47.8 cm³/mol. The number of nitrogens with zero attached hydrogens (tertiary/aromatic N) is 1. The molecule has 0 saturated heterocycles. The smallest absolute Gasteiger partial charge is 0.323 e. The maximum atomic E-state index is 12.3. The van der Waals surface area contributed by atoms with E-state index in [4.69, 9.17) is 5.84 Å². The highest BCUT2D eigenvalue weighted by Crippen LogP contribution is 2.29. The summed E-state index contributed by atoms with van der Waals surface area (Å²) in [6.45, 7) is 1.55. The molecule has 2 nitrogen and oxygen atoms in total. The minimum atomic E-state index is -4.33. The molecule has 0 atom stereocenters. The average molecular weight is 202 g/mol. The van der Waals surface area contributed by atoms with Gasteiger partial charge < -0.3 is 5.84 Å². The summed E-state index contributed by atoms with van der Waals surface area (Å²) < 4.78 is 36.8. The Morgan fingerprint density at radius 2 is 2.00 bits per heavy atom. The summed E-state index contributed by atoms with van der Waals surface area (Å²) in [5.74, 6) is 4.97. The second-order valence-electron chi connectivity index (χ2n) is 2.79. The molecule has 0 aliphatic carbocycles. The lowest BCUT2D eigenvalue weighted by atomic mass is 10.1. The van der Waals surface area contributed by atoms with Gasteiger partial charge >= 0.3 is 6.18 Å². The molecule has 5 heteroatoms. The van der Waals surface area contributed by atoms with Crippen LogP contribution in [0.2, 0.25) is 0 Å². The highest BCUT2D eigenvalue weighted by molar-refractivity contribution is 5.98. The summed E-state index contributed by atoms with van der Waals surface area (Å²) in [5.41, 5.74) is 0.0522. The van der Waals surface area contributed by atoms with E-state index in [-0.39, 0.29) is 0 Å². The number of alkyl halides is 3. The molecule has 0 spiro atoms. The van der Waals surface area contributed by atoms with Gasteiger partial charge in [-0.1, -0.05) is 12.1 Å². The third-order valence-corrected chi connectivity index (χ3v) is 1.80. The first-order chi connectivity index (χ1) is 6.45. The number of hydrogen-bond donors (Lipinski definition) is 1. The molecule has 1 aromatic rings. The zero-order valence-electron chi connectivity index (χ0n) is 7.47. The van der Waals surface area contributed by atoms with Crippen LogP contribution in [0.5, 0.6) is 0 Å². The summed E-state index contributed by atoms with van der Waals surface area (Å²) >= 11 is 0. The molecule has 2 N–H and O–H groups in total. The van der Waals surface area contributed by atoms with Crippen molar-refractivity contribution in [2.45, 2.75) is 13.1 Å². The normalized spacial score (nSPS) is 13.0. The molecule has 0 heterocycles. The van der Waals surface area contributed by atoms with Crippen LogP contribution < -0.4 is 5.84 Å². The lowest BCUT2D eigenvalue weighted by Gasteiger charge is -2.07. The van der Waals surface area contributed by atoms with Crippen molar-refractivity contribution in [2.75, 3.05) is 0 Å². The van der Waals surface area contributed by atoms with E-state index in [2.05, 4.69) is 5.10 Å². The highest BCUT2D eigenvalue weighted by Gasteiger charge is 2.30. The largest absolute Gasteiger partial charge is 0.416 e. The third kappa shape index (κ3) is 2.25. The van der Waals surface area contributed by atoms with Gasteiger partial charge in [0.1, 0.15) is 0 Å². The van der Waals surface area contributed by atoms with Gasteiger partial charge in [0, 0.05) is 0 Å². The summed E-state index contributed by atoms with van der Waals surface area (Å²) in [6.07, 6.45) is -4.33. The fraction of sp³-hybridized carbons (Fsp3) is 0.222. The van der Waals surface area contributed by atoms with Crippen LogP contribution in [-0.2, 0) is 6.18 Å². The van der Waals surface area contributed by atoms with Crippen LogP contribution in [0.15, 0.2) is 29.4 Å². The van der Waals surface area contributed by atoms with Crippen molar-refractivity contribution in [3.63, 3.8) is 0 Å². The molecular formula is C9H9F3N2. The Hall–Kier alpha value is -1.52. The number of halogens is 3. The SMILES string of the molecule is CC(=NN)c1cccc(C(F)(F)F)c1. The van der Waals surface area contributed by atoms with Gasteiger partial charge in [-0.15, -0.1) is 0 Å². The molecule has 0 aliphatic rings. The van der Waals surface area contributed by atoms with Crippen LogP contribution in [0.4, 0.5) is 13.2 Å². The Labute approximate surface area is 79.2 Å². The van der Waals surface area contributed by atoms with E-state index in [1.807, 2.05) is 0 Å². The van der Waals surface area contributed by atoms with Crippen molar-refractivity contribution < 1.29 is 13.2 Å². The summed E-state index contributed by atoms with van der Waals surface area (Å²) in [5, 5.41) is 3.33. The van der Waals surface area contributed by atoms with Crippen LogP contribution in [-0.4, -0.2) is 5.71 Å². The van der Waals surface area contributed by atoms with Gasteiger partial charge in [0.2, 0.25) is 0 Å². The van der Waals surface area contributed by atoms with Crippen molar-refractivity contribution in [3.8, 4) is 0 Å². The Morgan fingerprint density at radius 3 is 2.50 bits per heavy atom. The average Bonchev–Trinajstić information content (AvgIpc) is 2.15. The molecule has 0 bridgehead atoms. The highest BCUT2D eigenvalue weighted by atomic mass is 19.4. The number of nitrogens with two attached hydrogens (primary N) is 1. The number of hydrogen-bond acceptors (Lipinski definition) is 2. The van der Waals surface area contributed by atoms with Crippen molar-refractivity contribution in [1.29, 1.82) is 0 Å². The number of benzene rings is 1. The molecule has 0 amide bonds. The van der Waals surface area contributed by atoms with E-state index < -0.39 is 11.7 Å². The Morgan fingerprint density at radius 1 is 1.36 bits per heavy atom. The third-order valence-electron chi connectivity index (χ3n) is 1.80. The first kappa shape index (κ1) is 10.6. The van der Waals surface area contributed by atoms with Gasteiger partial charge in [0.25, 0.3) is 0 Å². The van der Waals surface area contributed by atoms with Crippen molar-refractivity contribution >= 4 is 5.71 Å². The molecule has 0 saturated carbocycles. The van der Waals surface area contributed by atoms with Crippen LogP contribution in [0.1, 0.15) is 18.1 Å². The van der Waals surface area contributed by atoms with E-state index >= 15 is 0 Å². The zero-order chi connectivity index (χ0) is 10.8. The molecule has 1 aromatic carbocycles. The van der Waals surface area contributed by atoms with Crippen LogP contribution in [0, 0.1) is 0 Å². The molecule has 0 fully saturated rings. The number of hydrazone groups is 1. The van der Waals surface area contributed by atoms with E-state index in [0.717, 1.165) is 12.1 Å². The lowest BCUT2D eigenvalue weighted by Crippen LogP contribution is -2.07. The minimum absolute atomic E-state index is 0.371. The molecule has 0 aromatic heterocycles. The lowest BCUT2D eigenvalue weighted by molar-refractivity contribution is -0.137. The zero-order valence-corrected chi connectivity index (χ0v) is 7.47. The van der Waals surface area contributed by atoms with Gasteiger partial charge in [-0.05, 0) is 24.6 Å². The predicted octanol–water partition coefficient (Wildman–Crippen LogP) is 2.39. The molecule has 1 rings (SSSR count). The molecular weight excluding hydrogens is 193 g/mol. The molecule has 0 unspecified atom stereocenters. The summed E-state index contributed by atoms with van der Waals surface area (Å²) in [7, 11) is 0. The number of rotatable bonds is 1. The Balaban J connectivity index is 3.14. The van der Waals surface area contributed by atoms with E-state index in [9.17, 15) is 13.2 Å². The van der Waals surface area contributed by atoms with E-state index in [1.54, 1.807) is 6.92 Å². The second kappa shape index (κ2) is 3.69. The van der Waals surface area contributed by atoms with Crippen molar-refractivity contribution in [3.05, 3.63) is 35.4 Å². The Bertz CT molecular complexity index is 355. The topological polar surface area (TPSA) is 38.4 Å². The second-order valence-corrected chi connectivity index (χ2v) is 2.79. The molecule has 0 aliphatic heterocycles. The van der Waals surface area contributed by atoms with Gasteiger partial charge in [0.15, 0.2) is 0 Å². The summed E-state index contributed by atoms with van der Waals surface area (Å²) in [6, 6.07) is 4.88. The maximum Gasteiger partial charge on any atom is 0.416 e. The maximum absolute atomic E-state index is 12.3. The first-order valence-corrected chi connectivity index (χ1v) is 3.87. The minimum Gasteiger partial charge on any atom is -0.323 e.